The Morgan fingerprint density at radius 1 is 1.15 bits per heavy atom. The summed E-state index contributed by atoms with van der Waals surface area (Å²) >= 11 is 0. The van der Waals surface area contributed by atoms with E-state index in [4.69, 9.17) is 4.74 Å². The Morgan fingerprint density at radius 3 is 2.70 bits per heavy atom. The Morgan fingerprint density at radius 2 is 1.94 bits per heavy atom. The summed E-state index contributed by atoms with van der Waals surface area (Å²) in [4.78, 5) is 6.92. The lowest BCUT2D eigenvalue weighted by Gasteiger charge is -2.45. The Bertz CT molecular complexity index is 1090. The van der Waals surface area contributed by atoms with Crippen LogP contribution in [-0.2, 0) is 11.5 Å². The highest BCUT2D eigenvalue weighted by Crippen LogP contribution is 2.33. The summed E-state index contributed by atoms with van der Waals surface area (Å²) in [5.41, 5.74) is 2.12. The summed E-state index contributed by atoms with van der Waals surface area (Å²) in [5.74, 6) is -0.315. The standard InChI is InChI=1S/C24H35FN6OSi/c1-33(2,3)11-10-32-17-29-9-6-21-23(22(25)13-27-24(21)29)18-12-28-31(14-18)20-15-30(16-20)19-4-7-26-8-5-19/h6,9,12-14,19-20,26H,4-5,7-8,10-11,15-17H2,1-3H3. The lowest BCUT2D eigenvalue weighted by atomic mass is 9.98. The number of halogens is 1. The predicted molar refractivity (Wildman–Crippen MR) is 132 cm³/mol. The van der Waals surface area contributed by atoms with Gasteiger partial charge < -0.3 is 14.6 Å². The van der Waals surface area contributed by atoms with Gasteiger partial charge in [-0.1, -0.05) is 19.6 Å². The normalized spacial score (nSPS) is 18.8. The van der Waals surface area contributed by atoms with E-state index < -0.39 is 8.07 Å². The Labute approximate surface area is 195 Å². The molecule has 0 radical (unpaired) electrons. The molecule has 9 heteroatoms. The second kappa shape index (κ2) is 9.29. The monoisotopic (exact) mass is 470 g/mol. The van der Waals surface area contributed by atoms with Crippen molar-refractivity contribution >= 4 is 19.1 Å². The first-order valence-corrected chi connectivity index (χ1v) is 15.8. The summed E-state index contributed by atoms with van der Waals surface area (Å²) in [7, 11) is -1.13. The molecule has 0 bridgehead atoms. The fraction of sp³-hybridized carbons (Fsp3) is 0.583. The molecular formula is C24H35FN6OSi. The number of fused-ring (bicyclic) bond motifs is 1. The van der Waals surface area contributed by atoms with Gasteiger partial charge in [0.25, 0.3) is 0 Å². The van der Waals surface area contributed by atoms with Crippen LogP contribution >= 0.6 is 0 Å². The minimum Gasteiger partial charge on any atom is -0.361 e. The molecule has 0 spiro atoms. The highest BCUT2D eigenvalue weighted by Gasteiger charge is 2.34. The lowest BCUT2D eigenvalue weighted by Crippen LogP contribution is -2.55. The quantitative estimate of drug-likeness (QED) is 0.399. The highest BCUT2D eigenvalue weighted by atomic mass is 28.3. The number of nitrogens with one attached hydrogen (secondary N) is 1. The van der Waals surface area contributed by atoms with Crippen molar-refractivity contribution in [1.29, 1.82) is 0 Å². The number of pyridine rings is 1. The number of likely N-dealkylation sites (tertiary alicyclic amines) is 1. The Hall–Kier alpha value is -2.07. The van der Waals surface area contributed by atoms with E-state index >= 15 is 0 Å². The van der Waals surface area contributed by atoms with Crippen LogP contribution in [0.15, 0.2) is 30.9 Å². The first kappa shape index (κ1) is 22.7. The second-order valence-electron chi connectivity index (χ2n) is 10.6. The van der Waals surface area contributed by atoms with Crippen LogP contribution in [0, 0.1) is 5.82 Å². The molecule has 2 saturated heterocycles. The fourth-order valence-corrected chi connectivity index (χ4v) is 5.60. The summed E-state index contributed by atoms with van der Waals surface area (Å²) < 4.78 is 24.8. The molecule has 2 aliphatic heterocycles. The van der Waals surface area contributed by atoms with Crippen LogP contribution < -0.4 is 5.32 Å². The third-order valence-electron chi connectivity index (χ3n) is 6.95. The van der Waals surface area contributed by atoms with Gasteiger partial charge in [0.1, 0.15) is 18.2 Å². The van der Waals surface area contributed by atoms with Gasteiger partial charge in [-0.05, 0) is 38.0 Å². The first-order chi connectivity index (χ1) is 15.9. The van der Waals surface area contributed by atoms with Gasteiger partial charge in [-0.25, -0.2) is 9.37 Å². The Kier molecular flexibility index (Phi) is 6.39. The number of hydrogen-bond donors (Lipinski definition) is 1. The minimum atomic E-state index is -1.13. The molecule has 3 aromatic rings. The zero-order chi connectivity index (χ0) is 23.0. The largest absolute Gasteiger partial charge is 0.361 e. The molecule has 2 aliphatic rings. The number of hydrogen-bond acceptors (Lipinski definition) is 5. The molecule has 0 aliphatic carbocycles. The maximum absolute atomic E-state index is 14.9. The third kappa shape index (κ3) is 4.91. The molecule has 5 rings (SSSR count). The molecule has 0 unspecified atom stereocenters. The van der Waals surface area contributed by atoms with Crippen molar-refractivity contribution in [2.75, 3.05) is 32.8 Å². The molecule has 0 atom stereocenters. The summed E-state index contributed by atoms with van der Waals surface area (Å²) in [6.45, 7) is 12.4. The van der Waals surface area contributed by atoms with Crippen molar-refractivity contribution in [2.45, 2.75) is 57.3 Å². The van der Waals surface area contributed by atoms with E-state index in [1.54, 1.807) is 6.20 Å². The van der Waals surface area contributed by atoms with Crippen LogP contribution in [0.1, 0.15) is 18.9 Å². The van der Waals surface area contributed by atoms with E-state index in [1.165, 1.54) is 19.0 Å². The maximum atomic E-state index is 14.9. The van der Waals surface area contributed by atoms with Crippen molar-refractivity contribution in [3.8, 4) is 11.1 Å². The van der Waals surface area contributed by atoms with E-state index in [2.05, 4.69) is 39.9 Å². The van der Waals surface area contributed by atoms with Gasteiger partial charge >= 0.3 is 0 Å². The summed E-state index contributed by atoms with van der Waals surface area (Å²) in [5, 5.41) is 8.83. The number of rotatable bonds is 8. The molecule has 7 nitrogen and oxygen atoms in total. The summed E-state index contributed by atoms with van der Waals surface area (Å²) in [6.07, 6.45) is 9.46. The molecule has 0 aromatic carbocycles. The zero-order valence-corrected chi connectivity index (χ0v) is 20.9. The molecule has 1 N–H and O–H groups in total. The van der Waals surface area contributed by atoms with Crippen molar-refractivity contribution in [3.63, 3.8) is 0 Å². The van der Waals surface area contributed by atoms with Crippen LogP contribution in [-0.4, -0.2) is 71.1 Å². The van der Waals surface area contributed by atoms with E-state index in [0.717, 1.165) is 55.4 Å². The van der Waals surface area contributed by atoms with E-state index in [0.29, 0.717) is 24.4 Å². The molecule has 178 valence electrons. The van der Waals surface area contributed by atoms with E-state index in [1.807, 2.05) is 27.7 Å². The number of ether oxygens (including phenoxy) is 1. The second-order valence-corrected chi connectivity index (χ2v) is 16.3. The van der Waals surface area contributed by atoms with Gasteiger partial charge in [0.05, 0.1) is 18.4 Å². The van der Waals surface area contributed by atoms with Crippen molar-refractivity contribution in [2.24, 2.45) is 0 Å². The van der Waals surface area contributed by atoms with Crippen LogP contribution in [0.5, 0.6) is 0 Å². The Balaban J connectivity index is 1.28. The SMILES string of the molecule is C[Si](C)(C)CCOCn1ccc2c(-c3cnn(C4CN(C5CCNCC5)C4)c3)c(F)cnc21. The number of nitrogens with zero attached hydrogens (tertiary/aromatic N) is 5. The van der Waals surface area contributed by atoms with Crippen LogP contribution in [0.25, 0.3) is 22.2 Å². The molecule has 0 saturated carbocycles. The third-order valence-corrected chi connectivity index (χ3v) is 8.65. The molecule has 2 fully saturated rings. The maximum Gasteiger partial charge on any atom is 0.150 e. The van der Waals surface area contributed by atoms with Crippen LogP contribution in [0.3, 0.4) is 0 Å². The smallest absolute Gasteiger partial charge is 0.150 e. The number of piperidine rings is 1. The predicted octanol–water partition coefficient (Wildman–Crippen LogP) is 3.96. The van der Waals surface area contributed by atoms with Gasteiger partial charge in [0.15, 0.2) is 0 Å². The van der Waals surface area contributed by atoms with Gasteiger partial charge in [-0.3, -0.25) is 9.58 Å². The van der Waals surface area contributed by atoms with E-state index in [-0.39, 0.29) is 5.82 Å². The average Bonchev–Trinajstić information content (AvgIpc) is 3.38. The van der Waals surface area contributed by atoms with E-state index in [9.17, 15) is 4.39 Å². The molecule has 0 amide bonds. The van der Waals surface area contributed by atoms with Gasteiger partial charge in [-0.15, -0.1) is 0 Å². The van der Waals surface area contributed by atoms with Gasteiger partial charge in [-0.2, -0.15) is 5.10 Å². The van der Waals surface area contributed by atoms with Crippen LogP contribution in [0.4, 0.5) is 4.39 Å². The molecule has 3 aromatic heterocycles. The fourth-order valence-electron chi connectivity index (χ4n) is 4.85. The molecule has 33 heavy (non-hydrogen) atoms. The highest BCUT2D eigenvalue weighted by molar-refractivity contribution is 6.76. The van der Waals surface area contributed by atoms with Gasteiger partial charge in [0, 0.05) is 62.7 Å². The van der Waals surface area contributed by atoms with Crippen LogP contribution in [0.2, 0.25) is 25.7 Å². The van der Waals surface area contributed by atoms with Crippen molar-refractivity contribution < 1.29 is 9.13 Å². The summed E-state index contributed by atoms with van der Waals surface area (Å²) in [6, 6.07) is 4.10. The first-order valence-electron chi connectivity index (χ1n) is 12.1. The molecule has 5 heterocycles. The van der Waals surface area contributed by atoms with Crippen molar-refractivity contribution in [3.05, 3.63) is 36.7 Å². The van der Waals surface area contributed by atoms with Gasteiger partial charge in [0.2, 0.25) is 0 Å². The zero-order valence-electron chi connectivity index (χ0n) is 19.9. The topological polar surface area (TPSA) is 60.1 Å². The number of aromatic nitrogens is 4. The molecular weight excluding hydrogens is 435 g/mol. The minimum absolute atomic E-state index is 0.315. The average molecular weight is 471 g/mol. The van der Waals surface area contributed by atoms with Crippen molar-refractivity contribution in [1.82, 2.24) is 29.5 Å². The lowest BCUT2D eigenvalue weighted by molar-refractivity contribution is 0.0390.